The highest BCUT2D eigenvalue weighted by molar-refractivity contribution is 5.89. The number of carbonyl (C=O) groups excluding carboxylic acids is 1. The maximum atomic E-state index is 12.8. The quantitative estimate of drug-likeness (QED) is 0.347. The minimum atomic E-state index is -0.979. The average Bonchev–Trinajstić information content (AvgIpc) is 3.15. The van der Waals surface area contributed by atoms with Gasteiger partial charge in [-0.25, -0.2) is 4.79 Å². The smallest absolute Gasteiger partial charge is 0.332 e. The van der Waals surface area contributed by atoms with E-state index in [1.807, 2.05) is 30.3 Å². The minimum Gasteiger partial charge on any atom is -0.478 e. The topological polar surface area (TPSA) is 136 Å². The molecular formula is C31H44N2O5. The predicted octanol–water partition coefficient (Wildman–Crippen LogP) is 3.82. The third-order valence-corrected chi connectivity index (χ3v) is 11.6. The molecule has 0 saturated heterocycles. The number of aliphatic hydroxyl groups is 1. The molecule has 0 radical (unpaired) electrons. The number of ether oxygens (including phenoxy) is 1. The highest BCUT2D eigenvalue weighted by Gasteiger charge is 2.70. The van der Waals surface area contributed by atoms with Crippen LogP contribution in [0.5, 0.6) is 0 Å². The second-order valence-electron chi connectivity index (χ2n) is 13.3. The van der Waals surface area contributed by atoms with Gasteiger partial charge >= 0.3 is 11.9 Å². The first-order valence-corrected chi connectivity index (χ1v) is 14.2. The Labute approximate surface area is 226 Å². The van der Waals surface area contributed by atoms with Crippen LogP contribution >= 0.6 is 0 Å². The molecule has 7 nitrogen and oxygen atoms in total. The van der Waals surface area contributed by atoms with Gasteiger partial charge in [-0.1, -0.05) is 51.1 Å². The summed E-state index contributed by atoms with van der Waals surface area (Å²) < 4.78 is 5.92. The monoisotopic (exact) mass is 524 g/mol. The highest BCUT2D eigenvalue weighted by atomic mass is 16.5. The Kier molecular flexibility index (Phi) is 6.81. The number of hydrogen-bond donors (Lipinski definition) is 4. The van der Waals surface area contributed by atoms with Gasteiger partial charge < -0.3 is 26.4 Å². The van der Waals surface area contributed by atoms with Crippen molar-refractivity contribution in [2.45, 2.75) is 96.9 Å². The molecule has 0 aromatic heterocycles. The number of esters is 1. The van der Waals surface area contributed by atoms with Gasteiger partial charge in [-0.3, -0.25) is 4.79 Å². The largest absolute Gasteiger partial charge is 0.478 e. The van der Waals surface area contributed by atoms with E-state index < -0.39 is 24.1 Å². The molecule has 0 bridgehead atoms. The first-order chi connectivity index (χ1) is 17.8. The van der Waals surface area contributed by atoms with Crippen LogP contribution in [0.3, 0.4) is 0 Å². The second-order valence-corrected chi connectivity index (χ2v) is 13.3. The van der Waals surface area contributed by atoms with E-state index in [0.717, 1.165) is 31.2 Å². The van der Waals surface area contributed by atoms with Gasteiger partial charge in [-0.05, 0) is 77.7 Å². The zero-order valence-electron chi connectivity index (χ0n) is 23.2. The number of fused-ring (bicyclic) bond motifs is 5. The molecule has 38 heavy (non-hydrogen) atoms. The van der Waals surface area contributed by atoms with Gasteiger partial charge in [-0.15, -0.1) is 0 Å². The van der Waals surface area contributed by atoms with Gasteiger partial charge in [0.25, 0.3) is 0 Å². The van der Waals surface area contributed by atoms with Gasteiger partial charge in [0.1, 0.15) is 6.10 Å². The van der Waals surface area contributed by atoms with E-state index in [0.29, 0.717) is 24.0 Å². The number of hydrogen-bond acceptors (Lipinski definition) is 6. The number of carboxylic acid groups (broad SMARTS) is 1. The molecule has 5 rings (SSSR count). The Morgan fingerprint density at radius 3 is 2.37 bits per heavy atom. The van der Waals surface area contributed by atoms with Crippen molar-refractivity contribution >= 4 is 11.9 Å². The van der Waals surface area contributed by atoms with E-state index in [4.69, 9.17) is 16.2 Å². The number of aliphatic hydroxyl groups excluding tert-OH is 1. The summed E-state index contributed by atoms with van der Waals surface area (Å²) in [7, 11) is 0. The summed E-state index contributed by atoms with van der Waals surface area (Å²) in [4.78, 5) is 25.1. The van der Waals surface area contributed by atoms with E-state index in [-0.39, 0.29) is 52.5 Å². The lowest BCUT2D eigenvalue weighted by Gasteiger charge is -2.68. The Bertz CT molecular complexity index is 1140. The van der Waals surface area contributed by atoms with Gasteiger partial charge in [-0.2, -0.15) is 0 Å². The van der Waals surface area contributed by atoms with Gasteiger partial charge in [0, 0.05) is 36.9 Å². The van der Waals surface area contributed by atoms with Crippen LogP contribution in [0.1, 0.15) is 71.8 Å². The molecule has 4 aliphatic rings. The van der Waals surface area contributed by atoms with E-state index in [2.05, 4.69) is 20.8 Å². The third-order valence-electron chi connectivity index (χ3n) is 11.6. The zero-order valence-corrected chi connectivity index (χ0v) is 23.2. The fourth-order valence-corrected chi connectivity index (χ4v) is 9.72. The lowest BCUT2D eigenvalue weighted by atomic mass is 9.37. The number of carboxylic acids is 1. The molecule has 0 heterocycles. The summed E-state index contributed by atoms with van der Waals surface area (Å²) in [5.41, 5.74) is 15.0. The first kappa shape index (κ1) is 27.4. The maximum Gasteiger partial charge on any atom is 0.332 e. The van der Waals surface area contributed by atoms with Crippen molar-refractivity contribution in [1.82, 2.24) is 0 Å². The number of rotatable bonds is 4. The summed E-state index contributed by atoms with van der Waals surface area (Å²) in [6.45, 7) is 8.36. The molecular weight excluding hydrogens is 480 g/mol. The zero-order chi connectivity index (χ0) is 27.6. The molecule has 1 aromatic carbocycles. The van der Waals surface area contributed by atoms with Crippen molar-refractivity contribution in [1.29, 1.82) is 0 Å². The van der Waals surface area contributed by atoms with Crippen LogP contribution in [0.4, 0.5) is 0 Å². The Morgan fingerprint density at radius 2 is 1.74 bits per heavy atom. The number of benzene rings is 1. The highest BCUT2D eigenvalue weighted by Crippen LogP contribution is 2.73. The molecule has 10 atom stereocenters. The van der Waals surface area contributed by atoms with Crippen LogP contribution in [-0.4, -0.2) is 46.4 Å². The third kappa shape index (κ3) is 3.96. The van der Waals surface area contributed by atoms with Gasteiger partial charge in [0.15, 0.2) is 0 Å². The summed E-state index contributed by atoms with van der Waals surface area (Å²) in [6, 6.07) is 9.08. The summed E-state index contributed by atoms with van der Waals surface area (Å²) in [5, 5.41) is 21.0. The van der Waals surface area contributed by atoms with Crippen LogP contribution < -0.4 is 11.5 Å². The van der Waals surface area contributed by atoms with Crippen LogP contribution in [0.15, 0.2) is 41.5 Å². The van der Waals surface area contributed by atoms with Gasteiger partial charge in [0.05, 0.1) is 6.10 Å². The Morgan fingerprint density at radius 1 is 1.05 bits per heavy atom. The van der Waals surface area contributed by atoms with Crippen molar-refractivity contribution in [2.24, 2.45) is 45.5 Å². The van der Waals surface area contributed by atoms with E-state index in [9.17, 15) is 19.8 Å². The fraction of sp³-hybridized carbons (Fsp3) is 0.677. The molecule has 0 unspecified atom stereocenters. The minimum absolute atomic E-state index is 0.0552. The molecule has 208 valence electrons. The Hall–Kier alpha value is -2.22. The van der Waals surface area contributed by atoms with Crippen molar-refractivity contribution in [3.8, 4) is 0 Å². The van der Waals surface area contributed by atoms with Crippen LogP contribution in [-0.2, 0) is 20.7 Å². The van der Waals surface area contributed by atoms with E-state index in [1.54, 1.807) is 0 Å². The lowest BCUT2D eigenvalue weighted by molar-refractivity contribution is -0.193. The van der Waals surface area contributed by atoms with Crippen molar-refractivity contribution in [2.75, 3.05) is 0 Å². The molecule has 7 heteroatoms. The van der Waals surface area contributed by atoms with Crippen molar-refractivity contribution in [3.05, 3.63) is 47.0 Å². The molecule has 0 amide bonds. The van der Waals surface area contributed by atoms with Crippen molar-refractivity contribution in [3.63, 3.8) is 0 Å². The first-order valence-electron chi connectivity index (χ1n) is 14.2. The van der Waals surface area contributed by atoms with Crippen LogP contribution in [0.25, 0.3) is 0 Å². The molecule has 4 saturated carbocycles. The van der Waals surface area contributed by atoms with Crippen molar-refractivity contribution < 1.29 is 24.5 Å². The van der Waals surface area contributed by atoms with E-state index >= 15 is 0 Å². The Balaban J connectivity index is 1.63. The lowest BCUT2D eigenvalue weighted by Crippen LogP contribution is -2.67. The summed E-state index contributed by atoms with van der Waals surface area (Å²) in [6.07, 6.45) is 3.96. The standard InChI is InChI=1S/C31H44N2O5/c1-17(34)38-23-16-31(4)26(25(23)19(28(36)37)14-18-8-6-5-7-9-18)21(32)15-24-29(2)12-11-22(35)27(33)20(29)10-13-30(24,31)3/h5-9,20-24,26-27,35H,10-16,32-33H2,1-4H3,(H,36,37)/b25-19+/t20-,21+,22+,23-,24-,26-,27-,29-,30-,31-/m0/s1. The summed E-state index contributed by atoms with van der Waals surface area (Å²) in [5.74, 6) is -1.08. The van der Waals surface area contributed by atoms with Gasteiger partial charge in [0.2, 0.25) is 0 Å². The molecule has 6 N–H and O–H groups in total. The number of carbonyl (C=O) groups is 2. The predicted molar refractivity (Wildman–Crippen MR) is 145 cm³/mol. The SMILES string of the molecule is CC(=O)O[C@H]1C[C@@]2(C)[C@H](/C1=C(\Cc1ccccc1)C(=O)O)[C@H](N)C[C@H]1[C@@]3(C)CC[C@@H](O)[C@@H](N)[C@@H]3CC[C@@]12C. The maximum absolute atomic E-state index is 12.8. The molecule has 0 aliphatic heterocycles. The number of nitrogens with two attached hydrogens (primary N) is 2. The molecule has 4 aliphatic carbocycles. The fourth-order valence-electron chi connectivity index (χ4n) is 9.72. The normalized spacial score (nSPS) is 45.4. The number of aliphatic carboxylic acids is 1. The van der Waals surface area contributed by atoms with E-state index in [1.165, 1.54) is 6.92 Å². The van der Waals surface area contributed by atoms with Crippen LogP contribution in [0, 0.1) is 34.0 Å². The summed E-state index contributed by atoms with van der Waals surface area (Å²) >= 11 is 0. The average molecular weight is 525 g/mol. The second kappa shape index (κ2) is 9.46. The molecule has 0 spiro atoms. The molecule has 1 aromatic rings. The molecule has 4 fully saturated rings. The van der Waals surface area contributed by atoms with Crippen LogP contribution in [0.2, 0.25) is 0 Å².